The van der Waals surface area contributed by atoms with Gasteiger partial charge >= 0.3 is 0 Å². The number of halogens is 2. The Morgan fingerprint density at radius 1 is 1.00 bits per heavy atom. The molecule has 0 unspecified atom stereocenters. The van der Waals surface area contributed by atoms with Gasteiger partial charge in [-0.15, -0.1) is 0 Å². The van der Waals surface area contributed by atoms with Gasteiger partial charge in [0.15, 0.2) is 0 Å². The molecule has 0 aliphatic carbocycles. The molecule has 26 heavy (non-hydrogen) atoms. The molecular formula is C21H18F2N2O. The van der Waals surface area contributed by atoms with Gasteiger partial charge in [-0.3, -0.25) is 9.78 Å². The number of amides is 1. The summed E-state index contributed by atoms with van der Waals surface area (Å²) < 4.78 is 26.0. The van der Waals surface area contributed by atoms with Crippen molar-refractivity contribution in [2.24, 2.45) is 0 Å². The lowest BCUT2D eigenvalue weighted by Gasteiger charge is -2.13. The number of nitrogens with zero attached hydrogens (tertiary/aromatic N) is 1. The van der Waals surface area contributed by atoms with Crippen LogP contribution in [0.5, 0.6) is 0 Å². The number of carbonyl (C=O) groups is 1. The standard InChI is InChI=1S/C21H18F2N2O/c1-14-4-2-3-5-18(14)19-6-7-24-13-20(19)25-21(26)17-9-15(11-22)8-16(10-17)12-23/h2-10,13H,11-12H2,1H3,(H,25,26). The van der Waals surface area contributed by atoms with Crippen molar-refractivity contribution in [3.63, 3.8) is 0 Å². The van der Waals surface area contributed by atoms with Gasteiger partial charge in [0.1, 0.15) is 13.3 Å². The number of benzene rings is 2. The van der Waals surface area contributed by atoms with E-state index >= 15 is 0 Å². The Hall–Kier alpha value is -3.08. The van der Waals surface area contributed by atoms with Crippen molar-refractivity contribution in [1.82, 2.24) is 4.98 Å². The average Bonchev–Trinajstić information content (AvgIpc) is 2.68. The molecular weight excluding hydrogens is 334 g/mol. The van der Waals surface area contributed by atoms with E-state index in [0.29, 0.717) is 5.69 Å². The zero-order valence-electron chi connectivity index (χ0n) is 14.3. The lowest BCUT2D eigenvalue weighted by Crippen LogP contribution is -2.13. The molecule has 0 bridgehead atoms. The summed E-state index contributed by atoms with van der Waals surface area (Å²) in [4.78, 5) is 16.7. The minimum absolute atomic E-state index is 0.215. The monoisotopic (exact) mass is 352 g/mol. The van der Waals surface area contributed by atoms with E-state index in [1.165, 1.54) is 18.2 Å². The number of aryl methyl sites for hydroxylation is 1. The Kier molecular flexibility index (Phi) is 5.37. The van der Waals surface area contributed by atoms with Crippen LogP contribution >= 0.6 is 0 Å². The van der Waals surface area contributed by atoms with Crippen molar-refractivity contribution in [3.05, 3.63) is 83.2 Å². The number of hydrogen-bond donors (Lipinski definition) is 1. The van der Waals surface area contributed by atoms with E-state index in [2.05, 4.69) is 10.3 Å². The van der Waals surface area contributed by atoms with Crippen molar-refractivity contribution in [1.29, 1.82) is 0 Å². The van der Waals surface area contributed by atoms with Crippen molar-refractivity contribution >= 4 is 11.6 Å². The van der Waals surface area contributed by atoms with Gasteiger partial charge in [0.05, 0.1) is 11.9 Å². The second kappa shape index (κ2) is 7.87. The van der Waals surface area contributed by atoms with Crippen LogP contribution in [-0.4, -0.2) is 10.9 Å². The van der Waals surface area contributed by atoms with Crippen molar-refractivity contribution < 1.29 is 13.6 Å². The van der Waals surface area contributed by atoms with Gasteiger partial charge in [0.2, 0.25) is 0 Å². The molecule has 0 spiro atoms. The van der Waals surface area contributed by atoms with Crippen molar-refractivity contribution in [2.45, 2.75) is 20.3 Å². The highest BCUT2D eigenvalue weighted by atomic mass is 19.1. The topological polar surface area (TPSA) is 42.0 Å². The van der Waals surface area contributed by atoms with Crippen LogP contribution in [0, 0.1) is 6.92 Å². The van der Waals surface area contributed by atoms with Gasteiger partial charge in [0.25, 0.3) is 5.91 Å². The molecule has 0 saturated heterocycles. The highest BCUT2D eigenvalue weighted by Gasteiger charge is 2.13. The van der Waals surface area contributed by atoms with E-state index in [-0.39, 0.29) is 16.7 Å². The lowest BCUT2D eigenvalue weighted by molar-refractivity contribution is 0.102. The van der Waals surface area contributed by atoms with E-state index in [1.54, 1.807) is 12.4 Å². The summed E-state index contributed by atoms with van der Waals surface area (Å²) >= 11 is 0. The summed E-state index contributed by atoms with van der Waals surface area (Å²) in [6, 6.07) is 13.9. The molecule has 2 aromatic carbocycles. The van der Waals surface area contributed by atoms with Crippen LogP contribution in [0.3, 0.4) is 0 Å². The van der Waals surface area contributed by atoms with E-state index in [9.17, 15) is 13.6 Å². The molecule has 132 valence electrons. The maximum atomic E-state index is 13.0. The van der Waals surface area contributed by atoms with Gasteiger partial charge in [0, 0.05) is 17.3 Å². The summed E-state index contributed by atoms with van der Waals surface area (Å²) in [5, 5.41) is 2.81. The van der Waals surface area contributed by atoms with Crippen molar-refractivity contribution in [3.8, 4) is 11.1 Å². The number of carbonyl (C=O) groups excluding carboxylic acids is 1. The molecule has 1 aromatic heterocycles. The van der Waals surface area contributed by atoms with Gasteiger partial charge < -0.3 is 5.32 Å². The fraction of sp³-hybridized carbons (Fsp3) is 0.143. The second-order valence-corrected chi connectivity index (χ2v) is 6.00. The largest absolute Gasteiger partial charge is 0.320 e. The molecule has 3 aromatic rings. The number of aromatic nitrogens is 1. The Balaban J connectivity index is 1.95. The summed E-state index contributed by atoms with van der Waals surface area (Å²) in [7, 11) is 0. The lowest BCUT2D eigenvalue weighted by atomic mass is 10.00. The third-order valence-corrected chi connectivity index (χ3v) is 4.13. The predicted molar refractivity (Wildman–Crippen MR) is 98.4 cm³/mol. The zero-order chi connectivity index (χ0) is 18.5. The minimum atomic E-state index is -0.754. The van der Waals surface area contributed by atoms with Gasteiger partial charge in [-0.05, 0) is 47.4 Å². The number of alkyl halides is 2. The molecule has 1 amide bonds. The first kappa shape index (κ1) is 17.7. The van der Waals surface area contributed by atoms with Crippen LogP contribution in [-0.2, 0) is 13.3 Å². The van der Waals surface area contributed by atoms with E-state index < -0.39 is 19.3 Å². The molecule has 3 rings (SSSR count). The minimum Gasteiger partial charge on any atom is -0.320 e. The summed E-state index contributed by atoms with van der Waals surface area (Å²) in [6.07, 6.45) is 3.22. The number of pyridine rings is 1. The highest BCUT2D eigenvalue weighted by Crippen LogP contribution is 2.30. The quantitative estimate of drug-likeness (QED) is 0.681. The molecule has 3 nitrogen and oxygen atoms in total. The molecule has 0 fully saturated rings. The third kappa shape index (κ3) is 3.77. The molecule has 1 heterocycles. The van der Waals surface area contributed by atoms with Crippen LogP contribution in [0.15, 0.2) is 60.9 Å². The molecule has 1 N–H and O–H groups in total. The first-order valence-electron chi connectivity index (χ1n) is 8.18. The van der Waals surface area contributed by atoms with Crippen LogP contribution < -0.4 is 5.32 Å². The molecule has 0 aliphatic heterocycles. The highest BCUT2D eigenvalue weighted by molar-refractivity contribution is 6.06. The van der Waals surface area contributed by atoms with Gasteiger partial charge in [-0.2, -0.15) is 0 Å². The van der Waals surface area contributed by atoms with E-state index in [0.717, 1.165) is 16.7 Å². The predicted octanol–water partition coefficient (Wildman–Crippen LogP) is 5.25. The molecule has 0 saturated carbocycles. The Morgan fingerprint density at radius 3 is 2.35 bits per heavy atom. The van der Waals surface area contributed by atoms with Crippen LogP contribution in [0.2, 0.25) is 0 Å². The van der Waals surface area contributed by atoms with Crippen molar-refractivity contribution in [2.75, 3.05) is 5.32 Å². The Morgan fingerprint density at radius 2 is 1.69 bits per heavy atom. The normalized spacial score (nSPS) is 10.6. The average molecular weight is 352 g/mol. The fourth-order valence-corrected chi connectivity index (χ4v) is 2.85. The smallest absolute Gasteiger partial charge is 0.255 e. The number of nitrogens with one attached hydrogen (secondary N) is 1. The summed E-state index contributed by atoms with van der Waals surface area (Å²) in [5.74, 6) is -0.433. The molecule has 0 atom stereocenters. The first-order valence-corrected chi connectivity index (χ1v) is 8.18. The fourth-order valence-electron chi connectivity index (χ4n) is 2.85. The van der Waals surface area contributed by atoms with E-state index in [1.807, 2.05) is 37.3 Å². The molecule has 0 radical (unpaired) electrons. The zero-order valence-corrected chi connectivity index (χ0v) is 14.3. The van der Waals surface area contributed by atoms with E-state index in [4.69, 9.17) is 0 Å². The summed E-state index contributed by atoms with van der Waals surface area (Å²) in [6.45, 7) is 0.477. The number of hydrogen-bond acceptors (Lipinski definition) is 2. The van der Waals surface area contributed by atoms with Gasteiger partial charge in [-0.25, -0.2) is 8.78 Å². The van der Waals surface area contributed by atoms with Crippen LogP contribution in [0.25, 0.3) is 11.1 Å². The number of anilines is 1. The maximum Gasteiger partial charge on any atom is 0.255 e. The SMILES string of the molecule is Cc1ccccc1-c1ccncc1NC(=O)c1cc(CF)cc(CF)c1. The van der Waals surface area contributed by atoms with Crippen LogP contribution in [0.1, 0.15) is 27.0 Å². The van der Waals surface area contributed by atoms with Crippen LogP contribution in [0.4, 0.5) is 14.5 Å². The first-order chi connectivity index (χ1) is 12.6. The maximum absolute atomic E-state index is 13.0. The second-order valence-electron chi connectivity index (χ2n) is 6.00. The third-order valence-electron chi connectivity index (χ3n) is 4.13. The Labute approximate surface area is 150 Å². The number of rotatable bonds is 5. The molecule has 5 heteroatoms. The van der Waals surface area contributed by atoms with Gasteiger partial charge in [-0.1, -0.05) is 30.3 Å². The Bertz CT molecular complexity index is 919. The summed E-state index contributed by atoms with van der Waals surface area (Å²) in [5.41, 5.74) is 4.18. The molecule has 0 aliphatic rings.